The lowest BCUT2D eigenvalue weighted by Gasteiger charge is -2.40. The van der Waals surface area contributed by atoms with E-state index in [2.05, 4.69) is 6.92 Å². The molecule has 3 atom stereocenters. The van der Waals surface area contributed by atoms with E-state index < -0.39 is 6.11 Å². The number of rotatable bonds is 2. The highest BCUT2D eigenvalue weighted by Crippen LogP contribution is 2.42. The summed E-state index contributed by atoms with van der Waals surface area (Å²) in [5.74, 6) is 1.57. The van der Waals surface area contributed by atoms with Crippen molar-refractivity contribution in [3.05, 3.63) is 11.6 Å². The molecule has 1 aliphatic carbocycles. The molecule has 0 amide bonds. The zero-order valence-corrected chi connectivity index (χ0v) is 13.7. The Morgan fingerprint density at radius 2 is 1.64 bits per heavy atom. The van der Waals surface area contributed by atoms with Crippen molar-refractivity contribution in [2.45, 2.75) is 77.1 Å². The Morgan fingerprint density at radius 3 is 2.18 bits per heavy atom. The van der Waals surface area contributed by atoms with Crippen LogP contribution in [-0.4, -0.2) is 24.9 Å². The number of hydrogen-bond acceptors (Lipinski definition) is 2. The molecule has 22 heavy (non-hydrogen) atoms. The van der Waals surface area contributed by atoms with Crippen LogP contribution in [0, 0.1) is 17.8 Å². The van der Waals surface area contributed by atoms with Gasteiger partial charge in [0.1, 0.15) is 0 Å². The van der Waals surface area contributed by atoms with Crippen molar-refractivity contribution in [2.75, 3.05) is 6.61 Å². The summed E-state index contributed by atoms with van der Waals surface area (Å²) in [6.45, 7) is 4.57. The van der Waals surface area contributed by atoms with E-state index in [0.29, 0.717) is 24.4 Å². The quantitative estimate of drug-likeness (QED) is 0.672. The molecule has 0 radical (unpaired) electrons. The highest BCUT2D eigenvalue weighted by Gasteiger charge is 2.42. The summed E-state index contributed by atoms with van der Waals surface area (Å²) >= 11 is 0. The molecule has 126 valence electrons. The van der Waals surface area contributed by atoms with Crippen molar-refractivity contribution in [3.8, 4) is 0 Å². The molecule has 0 spiro atoms. The van der Waals surface area contributed by atoms with Crippen molar-refractivity contribution in [2.24, 2.45) is 17.8 Å². The van der Waals surface area contributed by atoms with Gasteiger partial charge in [0, 0.05) is 12.2 Å². The largest absolute Gasteiger partial charge is 0.379 e. The van der Waals surface area contributed by atoms with Crippen LogP contribution in [0.25, 0.3) is 0 Å². The standard InChI is InChI=1S/C18H28F2O2/c1-12-3-9-16(21-11-12)14-5-7-15(8-6-14)17-10-4-13(2)18(19,20)22-17/h4,12,14-17H,3,5-11H2,1-2H3. The van der Waals surface area contributed by atoms with E-state index in [4.69, 9.17) is 9.47 Å². The van der Waals surface area contributed by atoms with Gasteiger partial charge in [0.2, 0.25) is 0 Å². The van der Waals surface area contributed by atoms with E-state index in [-0.39, 0.29) is 17.6 Å². The predicted molar refractivity (Wildman–Crippen MR) is 81.8 cm³/mol. The van der Waals surface area contributed by atoms with Crippen LogP contribution in [0.3, 0.4) is 0 Å². The molecule has 2 fully saturated rings. The molecule has 2 heterocycles. The number of alkyl halides is 2. The third-order valence-electron chi connectivity index (χ3n) is 5.82. The van der Waals surface area contributed by atoms with Crippen LogP contribution < -0.4 is 0 Å². The average Bonchev–Trinajstić information content (AvgIpc) is 2.51. The van der Waals surface area contributed by atoms with E-state index in [1.165, 1.54) is 13.3 Å². The molecule has 1 saturated carbocycles. The van der Waals surface area contributed by atoms with Gasteiger partial charge in [0.15, 0.2) is 0 Å². The molecule has 0 aromatic rings. The molecule has 0 N–H and O–H groups in total. The molecule has 0 bridgehead atoms. The van der Waals surface area contributed by atoms with Gasteiger partial charge >= 0.3 is 6.11 Å². The monoisotopic (exact) mass is 314 g/mol. The molecule has 2 aliphatic heterocycles. The lowest BCUT2D eigenvalue weighted by Crippen LogP contribution is -2.40. The van der Waals surface area contributed by atoms with Crippen LogP contribution in [0.2, 0.25) is 0 Å². The molecule has 2 nitrogen and oxygen atoms in total. The fourth-order valence-electron chi connectivity index (χ4n) is 4.20. The smallest absolute Gasteiger partial charge is 0.378 e. The summed E-state index contributed by atoms with van der Waals surface area (Å²) in [5, 5.41) is 0. The van der Waals surface area contributed by atoms with Crippen molar-refractivity contribution in [3.63, 3.8) is 0 Å². The summed E-state index contributed by atoms with van der Waals surface area (Å²) in [6, 6.07) is 0. The van der Waals surface area contributed by atoms with Gasteiger partial charge < -0.3 is 9.47 Å². The number of halogens is 2. The van der Waals surface area contributed by atoms with Crippen LogP contribution in [0.15, 0.2) is 11.6 Å². The Labute approximate surface area is 132 Å². The van der Waals surface area contributed by atoms with Gasteiger partial charge in [-0.3, -0.25) is 0 Å². The lowest BCUT2D eigenvalue weighted by atomic mass is 9.75. The third kappa shape index (κ3) is 3.53. The summed E-state index contributed by atoms with van der Waals surface area (Å²) in [4.78, 5) is 0. The summed E-state index contributed by atoms with van der Waals surface area (Å²) in [5.41, 5.74) is 0.0576. The van der Waals surface area contributed by atoms with E-state index in [9.17, 15) is 8.78 Å². The van der Waals surface area contributed by atoms with Crippen LogP contribution in [0.1, 0.15) is 58.8 Å². The highest BCUT2D eigenvalue weighted by atomic mass is 19.3. The first-order chi connectivity index (χ1) is 10.5. The van der Waals surface area contributed by atoms with Gasteiger partial charge in [-0.2, -0.15) is 8.78 Å². The Morgan fingerprint density at radius 1 is 1.00 bits per heavy atom. The fraction of sp³-hybridized carbons (Fsp3) is 0.889. The molecule has 0 aromatic carbocycles. The maximum absolute atomic E-state index is 13.7. The van der Waals surface area contributed by atoms with Crippen molar-refractivity contribution < 1.29 is 18.3 Å². The zero-order valence-electron chi connectivity index (χ0n) is 13.7. The number of ether oxygens (including phenoxy) is 2. The molecular weight excluding hydrogens is 286 g/mol. The normalized spacial score (nSPS) is 42.7. The van der Waals surface area contributed by atoms with Gasteiger partial charge in [0.05, 0.1) is 12.2 Å². The maximum Gasteiger partial charge on any atom is 0.379 e. The van der Waals surface area contributed by atoms with E-state index in [1.54, 1.807) is 6.08 Å². The Bertz CT molecular complexity index is 405. The fourth-order valence-corrected chi connectivity index (χ4v) is 4.20. The molecular formula is C18H28F2O2. The molecule has 3 unspecified atom stereocenters. The van der Waals surface area contributed by atoms with E-state index in [1.807, 2.05) is 0 Å². The predicted octanol–water partition coefficient (Wildman–Crippen LogP) is 4.94. The topological polar surface area (TPSA) is 18.5 Å². The first-order valence-electron chi connectivity index (χ1n) is 8.80. The zero-order chi connectivity index (χ0) is 15.7. The van der Waals surface area contributed by atoms with Crippen LogP contribution in [-0.2, 0) is 9.47 Å². The van der Waals surface area contributed by atoms with Gasteiger partial charge in [-0.15, -0.1) is 0 Å². The van der Waals surface area contributed by atoms with Crippen molar-refractivity contribution in [1.29, 1.82) is 0 Å². The second-order valence-corrected chi connectivity index (χ2v) is 7.53. The molecule has 4 heteroatoms. The van der Waals surface area contributed by atoms with Gasteiger partial charge in [0.25, 0.3) is 0 Å². The second kappa shape index (κ2) is 6.56. The minimum absolute atomic E-state index is 0.0576. The first kappa shape index (κ1) is 16.4. The van der Waals surface area contributed by atoms with Gasteiger partial charge in [-0.05, 0) is 69.6 Å². The van der Waals surface area contributed by atoms with Crippen molar-refractivity contribution >= 4 is 0 Å². The Balaban J connectivity index is 1.50. The van der Waals surface area contributed by atoms with Crippen LogP contribution >= 0.6 is 0 Å². The van der Waals surface area contributed by atoms with E-state index >= 15 is 0 Å². The van der Waals surface area contributed by atoms with Gasteiger partial charge in [-0.25, -0.2) is 0 Å². The summed E-state index contributed by atoms with van der Waals surface area (Å²) in [7, 11) is 0. The van der Waals surface area contributed by atoms with E-state index in [0.717, 1.165) is 38.7 Å². The minimum Gasteiger partial charge on any atom is -0.378 e. The van der Waals surface area contributed by atoms with Crippen molar-refractivity contribution in [1.82, 2.24) is 0 Å². The summed E-state index contributed by atoms with van der Waals surface area (Å²) in [6.07, 6.45) is 5.91. The minimum atomic E-state index is -3.07. The molecule has 1 saturated heterocycles. The second-order valence-electron chi connectivity index (χ2n) is 7.53. The Hall–Kier alpha value is -0.480. The molecule has 0 aromatic heterocycles. The third-order valence-corrected chi connectivity index (χ3v) is 5.82. The first-order valence-corrected chi connectivity index (χ1v) is 8.80. The Kier molecular flexibility index (Phi) is 4.89. The maximum atomic E-state index is 13.7. The molecule has 3 rings (SSSR count). The van der Waals surface area contributed by atoms with Crippen LogP contribution in [0.5, 0.6) is 0 Å². The SMILES string of the molecule is CC1=CCC(C2CCC(C3CCC(C)CO3)CC2)OC1(F)F. The lowest BCUT2D eigenvalue weighted by molar-refractivity contribution is -0.253. The molecule has 3 aliphatic rings. The average molecular weight is 314 g/mol. The highest BCUT2D eigenvalue weighted by molar-refractivity contribution is 5.10. The summed E-state index contributed by atoms with van der Waals surface area (Å²) < 4.78 is 38.5. The van der Waals surface area contributed by atoms with Gasteiger partial charge in [-0.1, -0.05) is 13.0 Å². The number of hydrogen-bond donors (Lipinski definition) is 0. The van der Waals surface area contributed by atoms with Crippen LogP contribution in [0.4, 0.5) is 8.78 Å².